The number of carbonyl (C=O) groups is 5. The van der Waals surface area contributed by atoms with Gasteiger partial charge in [0.1, 0.15) is 6.54 Å². The van der Waals surface area contributed by atoms with Crippen LogP contribution < -0.4 is 21.7 Å². The minimum absolute atomic E-state index is 0.0154. The highest BCUT2D eigenvalue weighted by Gasteiger charge is 2.26. The van der Waals surface area contributed by atoms with Crippen molar-refractivity contribution in [2.45, 2.75) is 52.2 Å². The van der Waals surface area contributed by atoms with Crippen molar-refractivity contribution in [1.29, 1.82) is 0 Å². The van der Waals surface area contributed by atoms with Crippen LogP contribution in [-0.4, -0.2) is 209 Å². The van der Waals surface area contributed by atoms with E-state index in [1.54, 1.807) is 6.20 Å². The van der Waals surface area contributed by atoms with E-state index in [4.69, 9.17) is 58.1 Å². The number of nitrogens with one attached hydrogen (secondary N) is 3. The Morgan fingerprint density at radius 2 is 1.09 bits per heavy atom. The average Bonchev–Trinajstić information content (AvgIpc) is 3.60. The molecule has 22 nitrogen and oxygen atoms in total. The van der Waals surface area contributed by atoms with E-state index in [0.717, 1.165) is 52.3 Å². The Balaban J connectivity index is 0.846. The number of hydrogen-bond donors (Lipinski definition) is 4. The minimum atomic E-state index is -0.498. The number of nitrogens with zero attached hydrogens (tertiary/aromatic N) is 3. The number of anilines is 1. The molecule has 0 radical (unpaired) electrons. The van der Waals surface area contributed by atoms with Crippen molar-refractivity contribution >= 4 is 41.3 Å². The topological polar surface area (TPSA) is 259 Å². The van der Waals surface area contributed by atoms with Crippen molar-refractivity contribution in [3.8, 4) is 11.1 Å². The fraction of sp³-hybridized carbons (Fsp3) is 0.615. The molecular weight excluding hydrogens is 963 g/mol. The zero-order chi connectivity index (χ0) is 52.9. The molecule has 5 amide bonds. The molecule has 0 saturated carbocycles. The van der Waals surface area contributed by atoms with E-state index in [0.29, 0.717) is 163 Å². The summed E-state index contributed by atoms with van der Waals surface area (Å²) in [5.74, 6) is -1.51. The summed E-state index contributed by atoms with van der Waals surface area (Å²) >= 11 is 0. The number of hydrogen-bond acceptors (Lipinski definition) is 18. The van der Waals surface area contributed by atoms with Crippen LogP contribution in [0, 0.1) is 0 Å². The van der Waals surface area contributed by atoms with Gasteiger partial charge in [-0.2, -0.15) is 0 Å². The van der Waals surface area contributed by atoms with Crippen LogP contribution in [0.2, 0.25) is 0 Å². The van der Waals surface area contributed by atoms with E-state index in [-0.39, 0.29) is 37.9 Å². The summed E-state index contributed by atoms with van der Waals surface area (Å²) in [4.78, 5) is 68.0. The molecule has 74 heavy (non-hydrogen) atoms. The molecule has 2 aliphatic rings. The Morgan fingerprint density at radius 1 is 0.635 bits per heavy atom. The third kappa shape index (κ3) is 25.8. The van der Waals surface area contributed by atoms with Crippen molar-refractivity contribution in [3.05, 3.63) is 65.5 Å². The largest absolute Gasteiger partial charge is 0.379 e. The maximum absolute atomic E-state index is 13.3. The summed E-state index contributed by atoms with van der Waals surface area (Å²) in [6.07, 6.45) is 7.96. The Hall–Kier alpha value is -5.24. The first kappa shape index (κ1) is 61.3. The second kappa shape index (κ2) is 38.3. The number of imide groups is 1. The standard InChI is InChI=1S/C52H79N7O15/c1-3-13-58(14-4-2)52(64)43-35-45-46(57-47(53)37-43)36-44(39-55-45)42-7-5-41(6-8-42)38-56-48(60)11-15-65-17-19-67-21-23-69-25-27-71-29-31-73-33-34-74-32-30-72-28-26-70-24-22-68-20-18-66-16-12-54-49(61)40-59-50(62)9-10-51(59)63/h5-10,35-36,39,47,57H,3-4,11-34,37-38,40,53H2,1-2H3,(H,54,61)(H,56,60). The van der Waals surface area contributed by atoms with Gasteiger partial charge >= 0.3 is 0 Å². The molecule has 1 aromatic carbocycles. The molecule has 1 unspecified atom stereocenters. The number of fused-ring (bicyclic) bond motifs is 1. The van der Waals surface area contributed by atoms with E-state index in [1.165, 1.54) is 0 Å². The van der Waals surface area contributed by atoms with Gasteiger partial charge in [0.05, 0.1) is 150 Å². The summed E-state index contributed by atoms with van der Waals surface area (Å²) in [7, 11) is 0. The lowest BCUT2D eigenvalue weighted by molar-refractivity contribution is -0.141. The first-order chi connectivity index (χ1) is 36.2. The fourth-order valence-electron chi connectivity index (χ4n) is 7.18. The lowest BCUT2D eigenvalue weighted by Gasteiger charge is -2.23. The predicted octanol–water partition coefficient (Wildman–Crippen LogP) is 2.09. The molecule has 3 heterocycles. The zero-order valence-corrected chi connectivity index (χ0v) is 43.3. The van der Waals surface area contributed by atoms with E-state index in [9.17, 15) is 24.0 Å². The highest BCUT2D eigenvalue weighted by atomic mass is 16.6. The Morgan fingerprint density at radius 3 is 1.57 bits per heavy atom. The van der Waals surface area contributed by atoms with Gasteiger partial charge in [-0.05, 0) is 36.1 Å². The number of nitrogens with two attached hydrogens (primary N) is 1. The third-order valence-electron chi connectivity index (χ3n) is 10.9. The quantitative estimate of drug-likeness (QED) is 0.0548. The summed E-state index contributed by atoms with van der Waals surface area (Å²) in [5, 5.41) is 8.86. The van der Waals surface area contributed by atoms with Gasteiger partial charge in [-0.3, -0.25) is 33.9 Å². The van der Waals surface area contributed by atoms with Gasteiger partial charge < -0.3 is 74.0 Å². The van der Waals surface area contributed by atoms with E-state index < -0.39 is 23.9 Å². The molecule has 0 aliphatic carbocycles. The van der Waals surface area contributed by atoms with Crippen LogP contribution in [0.15, 0.2) is 54.3 Å². The third-order valence-corrected chi connectivity index (χ3v) is 10.9. The van der Waals surface area contributed by atoms with Gasteiger partial charge in [-0.25, -0.2) is 0 Å². The zero-order valence-electron chi connectivity index (χ0n) is 43.3. The molecule has 4 rings (SSSR count). The second-order valence-corrected chi connectivity index (χ2v) is 16.9. The van der Waals surface area contributed by atoms with Gasteiger partial charge in [0.2, 0.25) is 17.7 Å². The highest BCUT2D eigenvalue weighted by Crippen LogP contribution is 2.29. The van der Waals surface area contributed by atoms with Crippen LogP contribution in [0.5, 0.6) is 0 Å². The Kier molecular flexibility index (Phi) is 31.8. The number of aromatic nitrogens is 1. The first-order valence-electron chi connectivity index (χ1n) is 25.6. The SMILES string of the molecule is CCCN(CCC)C(=O)C1=Cc2ncc(-c3ccc(CNC(=O)CCOCCOCCOCCOCCOCCOCCOCCOCCOCCOCCNC(=O)CN4C(=O)C=CC4=O)cc3)cc2NC(N)C1. The number of amides is 5. The van der Waals surface area contributed by atoms with Crippen LogP contribution in [0.1, 0.15) is 50.8 Å². The fourth-order valence-corrected chi connectivity index (χ4v) is 7.18. The minimum Gasteiger partial charge on any atom is -0.379 e. The number of pyridine rings is 1. The van der Waals surface area contributed by atoms with Gasteiger partial charge in [0, 0.05) is 68.5 Å². The summed E-state index contributed by atoms with van der Waals surface area (Å²) in [6.45, 7) is 14.1. The molecule has 1 atom stereocenters. The smallest absolute Gasteiger partial charge is 0.254 e. The van der Waals surface area contributed by atoms with Gasteiger partial charge in [0.25, 0.3) is 11.8 Å². The summed E-state index contributed by atoms with van der Waals surface area (Å²) in [6, 6.07) is 9.95. The molecule has 0 bridgehead atoms. The molecule has 0 spiro atoms. The number of ether oxygens (including phenoxy) is 10. The predicted molar refractivity (Wildman–Crippen MR) is 275 cm³/mol. The first-order valence-corrected chi connectivity index (χ1v) is 25.6. The van der Waals surface area contributed by atoms with Crippen molar-refractivity contribution in [1.82, 2.24) is 25.4 Å². The Bertz CT molecular complexity index is 1980. The maximum atomic E-state index is 13.3. The molecule has 412 valence electrons. The van der Waals surface area contributed by atoms with E-state index in [2.05, 4.69) is 29.8 Å². The van der Waals surface area contributed by atoms with E-state index >= 15 is 0 Å². The van der Waals surface area contributed by atoms with Crippen molar-refractivity contribution < 1.29 is 71.3 Å². The lowest BCUT2D eigenvalue weighted by Crippen LogP contribution is -2.41. The normalized spacial score (nSPS) is 14.2. The summed E-state index contributed by atoms with van der Waals surface area (Å²) < 4.78 is 54.9. The molecule has 22 heteroatoms. The van der Waals surface area contributed by atoms with E-state index in [1.807, 2.05) is 41.3 Å². The van der Waals surface area contributed by atoms with Crippen LogP contribution >= 0.6 is 0 Å². The molecule has 0 fully saturated rings. The second-order valence-electron chi connectivity index (χ2n) is 16.9. The van der Waals surface area contributed by atoms with Crippen molar-refractivity contribution in [2.75, 3.05) is 164 Å². The van der Waals surface area contributed by atoms with Crippen LogP contribution in [0.4, 0.5) is 5.69 Å². The van der Waals surface area contributed by atoms with Crippen molar-refractivity contribution in [3.63, 3.8) is 0 Å². The average molecular weight is 1040 g/mol. The molecular formula is C52H79N7O15. The molecule has 2 aromatic rings. The lowest BCUT2D eigenvalue weighted by atomic mass is 10.0. The van der Waals surface area contributed by atoms with Gasteiger partial charge in [-0.1, -0.05) is 38.1 Å². The van der Waals surface area contributed by atoms with Gasteiger partial charge in [-0.15, -0.1) is 0 Å². The van der Waals surface area contributed by atoms with Crippen LogP contribution in [-0.2, 0) is 77.9 Å². The number of rotatable bonds is 43. The number of benzene rings is 1. The summed E-state index contributed by atoms with van der Waals surface area (Å²) in [5.41, 5.74) is 11.4. The Labute approximate surface area is 435 Å². The maximum Gasteiger partial charge on any atom is 0.254 e. The van der Waals surface area contributed by atoms with Gasteiger partial charge in [0.15, 0.2) is 0 Å². The molecule has 1 aromatic heterocycles. The molecule has 5 N–H and O–H groups in total. The van der Waals surface area contributed by atoms with Crippen LogP contribution in [0.25, 0.3) is 17.2 Å². The van der Waals surface area contributed by atoms with Crippen LogP contribution in [0.3, 0.4) is 0 Å². The molecule has 2 aliphatic heterocycles. The van der Waals surface area contributed by atoms with Crippen molar-refractivity contribution in [2.24, 2.45) is 5.73 Å². The molecule has 0 saturated heterocycles. The monoisotopic (exact) mass is 1040 g/mol. The number of carbonyl (C=O) groups excluding carboxylic acids is 5. The highest BCUT2D eigenvalue weighted by molar-refractivity contribution is 6.14.